The summed E-state index contributed by atoms with van der Waals surface area (Å²) >= 11 is 5.66. The van der Waals surface area contributed by atoms with E-state index in [1.165, 1.54) is 12.1 Å². The van der Waals surface area contributed by atoms with Crippen LogP contribution in [-0.2, 0) is 6.18 Å². The molecule has 6 heteroatoms. The van der Waals surface area contributed by atoms with Crippen molar-refractivity contribution in [3.05, 3.63) is 29.8 Å². The van der Waals surface area contributed by atoms with Crippen LogP contribution >= 0.6 is 11.6 Å². The highest BCUT2D eigenvalue weighted by atomic mass is 35.5. The van der Waals surface area contributed by atoms with Crippen LogP contribution in [0.3, 0.4) is 0 Å². The van der Waals surface area contributed by atoms with Crippen LogP contribution in [0, 0.1) is 0 Å². The number of rotatable bonds is 5. The topological polar surface area (TPSA) is 6.48 Å². The van der Waals surface area contributed by atoms with Crippen molar-refractivity contribution < 1.29 is 13.2 Å². The van der Waals surface area contributed by atoms with Gasteiger partial charge in [-0.2, -0.15) is 13.2 Å². The SMILES string of the molecule is FC(F)(F)c1cccc(N2CCN(CCCCCl)CC2)c1. The van der Waals surface area contributed by atoms with E-state index in [4.69, 9.17) is 11.6 Å². The fourth-order valence-electron chi connectivity index (χ4n) is 2.54. The summed E-state index contributed by atoms with van der Waals surface area (Å²) in [4.78, 5) is 4.37. The summed E-state index contributed by atoms with van der Waals surface area (Å²) in [5.74, 6) is 0.685. The van der Waals surface area contributed by atoms with Crippen LogP contribution in [0.2, 0.25) is 0 Å². The molecule has 2 rings (SSSR count). The largest absolute Gasteiger partial charge is 0.416 e. The van der Waals surface area contributed by atoms with Crippen LogP contribution < -0.4 is 4.90 Å². The third-order valence-corrected chi connectivity index (χ3v) is 4.04. The van der Waals surface area contributed by atoms with Crippen molar-refractivity contribution in [1.82, 2.24) is 4.90 Å². The maximum Gasteiger partial charge on any atom is 0.416 e. The average molecular weight is 321 g/mol. The molecular weight excluding hydrogens is 301 g/mol. The molecule has 0 radical (unpaired) electrons. The molecule has 0 atom stereocenters. The molecule has 0 unspecified atom stereocenters. The molecule has 1 heterocycles. The quantitative estimate of drug-likeness (QED) is 0.600. The molecule has 118 valence electrons. The third-order valence-electron chi connectivity index (χ3n) is 3.77. The Kier molecular flexibility index (Phi) is 5.76. The molecule has 1 aromatic rings. The van der Waals surface area contributed by atoms with Gasteiger partial charge in [-0.25, -0.2) is 0 Å². The third kappa shape index (κ3) is 4.78. The minimum absolute atomic E-state index is 0.579. The normalized spacial score (nSPS) is 17.2. The van der Waals surface area contributed by atoms with Crippen LogP contribution in [0.1, 0.15) is 18.4 Å². The van der Waals surface area contributed by atoms with Crippen LogP contribution in [0.25, 0.3) is 0 Å². The molecule has 0 bridgehead atoms. The lowest BCUT2D eigenvalue weighted by atomic mass is 10.1. The van der Waals surface area contributed by atoms with Crippen molar-refractivity contribution in [3.8, 4) is 0 Å². The fourth-order valence-corrected chi connectivity index (χ4v) is 2.73. The Balaban J connectivity index is 1.90. The van der Waals surface area contributed by atoms with Gasteiger partial charge in [0, 0.05) is 37.7 Å². The Morgan fingerprint density at radius 1 is 1.05 bits per heavy atom. The number of anilines is 1. The zero-order valence-electron chi connectivity index (χ0n) is 11.9. The molecule has 0 spiro atoms. The monoisotopic (exact) mass is 320 g/mol. The molecule has 2 nitrogen and oxygen atoms in total. The summed E-state index contributed by atoms with van der Waals surface area (Å²) in [5, 5.41) is 0. The molecule has 0 aromatic heterocycles. The van der Waals surface area contributed by atoms with Gasteiger partial charge in [0.05, 0.1) is 5.56 Å². The van der Waals surface area contributed by atoms with Gasteiger partial charge in [0.25, 0.3) is 0 Å². The summed E-state index contributed by atoms with van der Waals surface area (Å²) in [7, 11) is 0. The first-order valence-electron chi connectivity index (χ1n) is 7.21. The predicted octanol–water partition coefficient (Wildman–Crippen LogP) is 3.85. The van der Waals surface area contributed by atoms with Gasteiger partial charge in [-0.1, -0.05) is 6.07 Å². The first kappa shape index (κ1) is 16.4. The standard InChI is InChI=1S/C15H20ClF3N2/c16-6-1-2-7-20-8-10-21(11-9-20)14-5-3-4-13(12-14)15(17,18)19/h3-5,12H,1-2,6-11H2. The van der Waals surface area contributed by atoms with E-state index in [1.54, 1.807) is 6.07 Å². The first-order chi connectivity index (χ1) is 10.0. The number of piperazine rings is 1. The van der Waals surface area contributed by atoms with E-state index in [-0.39, 0.29) is 0 Å². The van der Waals surface area contributed by atoms with Crippen molar-refractivity contribution in [3.63, 3.8) is 0 Å². The van der Waals surface area contributed by atoms with Gasteiger partial charge in [-0.3, -0.25) is 4.90 Å². The second-order valence-electron chi connectivity index (χ2n) is 5.27. The first-order valence-corrected chi connectivity index (χ1v) is 7.74. The van der Waals surface area contributed by atoms with Crippen molar-refractivity contribution >= 4 is 17.3 Å². The Hall–Kier alpha value is -0.940. The number of benzene rings is 1. The molecule has 0 aliphatic carbocycles. The van der Waals surface area contributed by atoms with Gasteiger partial charge in [-0.05, 0) is 37.6 Å². The summed E-state index contributed by atoms with van der Waals surface area (Å²) < 4.78 is 38.2. The van der Waals surface area contributed by atoms with E-state index < -0.39 is 11.7 Å². The van der Waals surface area contributed by atoms with Gasteiger partial charge in [0.2, 0.25) is 0 Å². The highest BCUT2D eigenvalue weighted by Gasteiger charge is 2.31. The number of halogens is 4. The van der Waals surface area contributed by atoms with Crippen LogP contribution in [-0.4, -0.2) is 43.5 Å². The van der Waals surface area contributed by atoms with E-state index >= 15 is 0 Å². The van der Waals surface area contributed by atoms with E-state index in [1.807, 2.05) is 4.90 Å². The minimum Gasteiger partial charge on any atom is -0.369 e. The zero-order valence-corrected chi connectivity index (χ0v) is 12.6. The highest BCUT2D eigenvalue weighted by molar-refractivity contribution is 6.17. The van der Waals surface area contributed by atoms with Crippen molar-refractivity contribution in [2.45, 2.75) is 19.0 Å². The van der Waals surface area contributed by atoms with Crippen molar-refractivity contribution in [1.29, 1.82) is 0 Å². The Morgan fingerprint density at radius 2 is 1.76 bits per heavy atom. The molecule has 1 saturated heterocycles. The lowest BCUT2D eigenvalue weighted by molar-refractivity contribution is -0.137. The minimum atomic E-state index is -4.28. The fraction of sp³-hybridized carbons (Fsp3) is 0.600. The summed E-state index contributed by atoms with van der Waals surface area (Å²) in [6, 6.07) is 5.58. The van der Waals surface area contributed by atoms with Gasteiger partial charge >= 0.3 is 6.18 Å². The Morgan fingerprint density at radius 3 is 2.38 bits per heavy atom. The van der Waals surface area contributed by atoms with E-state index in [0.717, 1.165) is 51.6 Å². The van der Waals surface area contributed by atoms with Crippen LogP contribution in [0.15, 0.2) is 24.3 Å². The zero-order chi connectivity index (χ0) is 15.3. The van der Waals surface area contributed by atoms with E-state index in [9.17, 15) is 13.2 Å². The average Bonchev–Trinajstić information content (AvgIpc) is 2.47. The van der Waals surface area contributed by atoms with E-state index in [2.05, 4.69) is 4.90 Å². The molecule has 0 saturated carbocycles. The maximum absolute atomic E-state index is 12.7. The smallest absolute Gasteiger partial charge is 0.369 e. The molecule has 0 N–H and O–H groups in total. The van der Waals surface area contributed by atoms with Crippen LogP contribution in [0.5, 0.6) is 0 Å². The van der Waals surface area contributed by atoms with E-state index in [0.29, 0.717) is 11.6 Å². The van der Waals surface area contributed by atoms with Gasteiger partial charge in [0.15, 0.2) is 0 Å². The number of hydrogen-bond acceptors (Lipinski definition) is 2. The number of alkyl halides is 4. The predicted molar refractivity (Wildman–Crippen MR) is 80.1 cm³/mol. The van der Waals surface area contributed by atoms with Gasteiger partial charge in [0.1, 0.15) is 0 Å². The number of unbranched alkanes of at least 4 members (excludes halogenated alkanes) is 1. The Bertz CT molecular complexity index is 443. The maximum atomic E-state index is 12.7. The summed E-state index contributed by atoms with van der Waals surface area (Å²) in [6.45, 7) is 4.32. The highest BCUT2D eigenvalue weighted by Crippen LogP contribution is 2.31. The molecule has 1 aliphatic heterocycles. The van der Waals surface area contributed by atoms with Crippen molar-refractivity contribution in [2.24, 2.45) is 0 Å². The lowest BCUT2D eigenvalue weighted by Gasteiger charge is -2.36. The molecule has 0 amide bonds. The second-order valence-corrected chi connectivity index (χ2v) is 5.65. The molecular formula is C15H20ClF3N2. The lowest BCUT2D eigenvalue weighted by Crippen LogP contribution is -2.46. The summed E-state index contributed by atoms with van der Waals surface area (Å²) in [5.41, 5.74) is 0.0785. The van der Waals surface area contributed by atoms with Crippen molar-refractivity contribution in [2.75, 3.05) is 43.5 Å². The molecule has 21 heavy (non-hydrogen) atoms. The Labute approximate surface area is 128 Å². The van der Waals surface area contributed by atoms with Crippen LogP contribution in [0.4, 0.5) is 18.9 Å². The molecule has 1 aliphatic rings. The second kappa shape index (κ2) is 7.36. The summed E-state index contributed by atoms with van der Waals surface area (Å²) in [6.07, 6.45) is -2.19. The molecule has 1 aromatic carbocycles. The van der Waals surface area contributed by atoms with Gasteiger partial charge < -0.3 is 4.90 Å². The van der Waals surface area contributed by atoms with Gasteiger partial charge in [-0.15, -0.1) is 11.6 Å². The molecule has 1 fully saturated rings. The number of hydrogen-bond donors (Lipinski definition) is 0. The number of nitrogens with zero attached hydrogens (tertiary/aromatic N) is 2.